The molecule has 0 aromatic heterocycles. The topological polar surface area (TPSA) is 40.5 Å². The van der Waals surface area contributed by atoms with Crippen LogP contribution >= 0.6 is 0 Å². The Morgan fingerprint density at radius 3 is 2.21 bits per heavy atom. The molecule has 1 aromatic rings. The second-order valence-corrected chi connectivity index (χ2v) is 11.4. The van der Waals surface area contributed by atoms with Crippen LogP contribution in [0, 0.1) is 0 Å². The molecule has 0 amide bonds. The van der Waals surface area contributed by atoms with Gasteiger partial charge in [0.15, 0.2) is 0 Å². The first-order valence-electron chi connectivity index (χ1n) is 7.17. The minimum absolute atomic E-state index is 0.253. The van der Waals surface area contributed by atoms with Crippen LogP contribution in [0.25, 0.3) is 0 Å². The molecular weight excluding hydrogens is 299 g/mol. The maximum atomic E-state index is 11.1. The van der Waals surface area contributed by atoms with Gasteiger partial charge in [-0.05, 0) is 0 Å². The Morgan fingerprint density at radius 2 is 1.68 bits per heavy atom. The summed E-state index contributed by atoms with van der Waals surface area (Å²) in [6.45, 7) is 0. The summed E-state index contributed by atoms with van der Waals surface area (Å²) in [5, 5.41) is 21.7. The van der Waals surface area contributed by atoms with E-state index in [0.717, 1.165) is 30.9 Å². The monoisotopic (exact) mass is 324 g/mol. The van der Waals surface area contributed by atoms with E-state index in [1.807, 2.05) is 12.1 Å². The third kappa shape index (κ3) is 3.76. The van der Waals surface area contributed by atoms with Crippen LogP contribution < -0.4 is 0 Å². The first-order chi connectivity index (χ1) is 9.01. The van der Waals surface area contributed by atoms with Crippen molar-refractivity contribution in [3.05, 3.63) is 29.8 Å². The van der Waals surface area contributed by atoms with Crippen LogP contribution in [-0.4, -0.2) is 30.5 Å². The predicted octanol–water partition coefficient (Wildman–Crippen LogP) is 3.93. The van der Waals surface area contributed by atoms with Crippen molar-refractivity contribution in [3.8, 4) is 5.75 Å². The molecule has 2 N–H and O–H groups in total. The molecule has 106 valence electrons. The average molecular weight is 324 g/mol. The minimum atomic E-state index is -0.813. The molecule has 0 bridgehead atoms. The summed E-state index contributed by atoms with van der Waals surface area (Å²) in [5.74, 6) is 0.559. The van der Waals surface area contributed by atoms with Gasteiger partial charge in [-0.3, -0.25) is 0 Å². The van der Waals surface area contributed by atoms with Gasteiger partial charge in [0, 0.05) is 0 Å². The summed E-state index contributed by atoms with van der Waals surface area (Å²) in [5.41, 5.74) is 5.39. The number of aromatic hydroxyl groups is 1. The Labute approximate surface area is 121 Å². The van der Waals surface area contributed by atoms with Gasteiger partial charge in [0.25, 0.3) is 0 Å². The third-order valence-electron chi connectivity index (χ3n) is 4.21. The van der Waals surface area contributed by atoms with Crippen molar-refractivity contribution in [2.24, 2.45) is 0 Å². The van der Waals surface area contributed by atoms with E-state index in [9.17, 15) is 10.2 Å². The van der Waals surface area contributed by atoms with Gasteiger partial charge in [0.05, 0.1) is 0 Å². The van der Waals surface area contributed by atoms with Crippen LogP contribution in [0.4, 0.5) is 0 Å². The van der Waals surface area contributed by atoms with E-state index in [1.54, 1.807) is 12.1 Å². The van der Waals surface area contributed by atoms with E-state index in [4.69, 9.17) is 0 Å². The van der Waals surface area contributed by atoms with Gasteiger partial charge in [-0.1, -0.05) is 0 Å². The Morgan fingerprint density at radius 1 is 1.11 bits per heavy atom. The summed E-state index contributed by atoms with van der Waals surface area (Å²) in [4.78, 5) is 0. The third-order valence-corrected chi connectivity index (χ3v) is 6.51. The van der Waals surface area contributed by atoms with E-state index in [2.05, 4.69) is 11.4 Å². The zero-order chi connectivity index (χ0) is 13.9. The molecule has 0 saturated heterocycles. The number of phenolic OH excluding ortho intramolecular Hbond substituents is 1. The standard InChI is InChI=1S/C16H25AsO2/c1-17(2)12-15(13-6-8-14(18)9-7-13)16(19)10-4-3-5-11-16/h6-9,15,18-19H,3-5,10-12H2,1-2H3/t15-/m0/s1. The van der Waals surface area contributed by atoms with E-state index < -0.39 is 20.3 Å². The van der Waals surface area contributed by atoms with Crippen LogP contribution in [0.15, 0.2) is 24.3 Å². The molecule has 0 heterocycles. The van der Waals surface area contributed by atoms with Crippen molar-refractivity contribution in [2.75, 3.05) is 0 Å². The molecule has 1 aromatic carbocycles. The van der Waals surface area contributed by atoms with Crippen molar-refractivity contribution in [2.45, 2.75) is 60.3 Å². The molecule has 0 aliphatic heterocycles. The molecule has 2 nitrogen and oxygen atoms in total. The predicted molar refractivity (Wildman–Crippen MR) is 81.2 cm³/mol. The fraction of sp³-hybridized carbons (Fsp3) is 0.625. The Bertz CT molecular complexity index is 394. The number of rotatable bonds is 4. The van der Waals surface area contributed by atoms with Crippen LogP contribution in [-0.2, 0) is 0 Å². The van der Waals surface area contributed by atoms with Crippen molar-refractivity contribution in [3.63, 3.8) is 0 Å². The van der Waals surface area contributed by atoms with E-state index >= 15 is 0 Å². The zero-order valence-corrected chi connectivity index (χ0v) is 13.8. The summed E-state index contributed by atoms with van der Waals surface area (Å²) in [6.07, 6.45) is 5.41. The normalized spacial score (nSPS) is 20.4. The Hall–Kier alpha value is -0.462. The van der Waals surface area contributed by atoms with Crippen molar-refractivity contribution in [1.82, 2.24) is 0 Å². The van der Waals surface area contributed by atoms with Crippen molar-refractivity contribution >= 4 is 14.7 Å². The first kappa shape index (κ1) is 14.9. The molecule has 0 radical (unpaired) electrons. The molecule has 1 saturated carbocycles. The molecule has 1 atom stereocenters. The summed E-state index contributed by atoms with van der Waals surface area (Å²) >= 11 is -0.813. The van der Waals surface area contributed by atoms with Crippen molar-refractivity contribution < 1.29 is 10.2 Å². The average Bonchev–Trinajstić information content (AvgIpc) is 2.38. The van der Waals surface area contributed by atoms with E-state index in [-0.39, 0.29) is 5.92 Å². The summed E-state index contributed by atoms with van der Waals surface area (Å²) in [6, 6.07) is 7.48. The van der Waals surface area contributed by atoms with Crippen molar-refractivity contribution in [1.29, 1.82) is 0 Å². The second kappa shape index (κ2) is 6.33. The van der Waals surface area contributed by atoms with Gasteiger partial charge in [0.2, 0.25) is 0 Å². The zero-order valence-electron chi connectivity index (χ0n) is 12.0. The number of hydrogen-bond acceptors (Lipinski definition) is 2. The fourth-order valence-electron chi connectivity index (χ4n) is 3.17. The quantitative estimate of drug-likeness (QED) is 0.824. The molecular formula is C16H25AsO2. The van der Waals surface area contributed by atoms with E-state index in [0.29, 0.717) is 5.75 Å². The van der Waals surface area contributed by atoms with E-state index in [1.165, 1.54) is 12.0 Å². The first-order valence-corrected chi connectivity index (χ1v) is 12.3. The molecule has 1 aliphatic carbocycles. The van der Waals surface area contributed by atoms with Gasteiger partial charge in [-0.2, -0.15) is 0 Å². The van der Waals surface area contributed by atoms with Crippen LogP contribution in [0.1, 0.15) is 43.6 Å². The Balaban J connectivity index is 2.26. The molecule has 0 spiro atoms. The summed E-state index contributed by atoms with van der Waals surface area (Å²) < 4.78 is 0. The number of phenols is 1. The molecule has 0 unspecified atom stereocenters. The summed E-state index contributed by atoms with van der Waals surface area (Å²) in [7, 11) is 0. The number of benzene rings is 1. The molecule has 3 heteroatoms. The van der Waals surface area contributed by atoms with Gasteiger partial charge in [0.1, 0.15) is 0 Å². The maximum absolute atomic E-state index is 11.1. The second-order valence-electron chi connectivity index (χ2n) is 6.07. The van der Waals surface area contributed by atoms with Gasteiger partial charge < -0.3 is 0 Å². The molecule has 2 rings (SSSR count). The Kier molecular flexibility index (Phi) is 4.97. The van der Waals surface area contributed by atoms with Gasteiger partial charge >= 0.3 is 121 Å². The van der Waals surface area contributed by atoms with Crippen LogP contribution in [0.3, 0.4) is 0 Å². The number of hydrogen-bond donors (Lipinski definition) is 2. The molecule has 19 heavy (non-hydrogen) atoms. The SMILES string of the molecule is C[As](C)C[C@@H](c1ccc(O)cc1)C1(O)CCCCC1. The number of aliphatic hydroxyl groups is 1. The molecule has 1 aliphatic rings. The van der Waals surface area contributed by atoms with Gasteiger partial charge in [-0.15, -0.1) is 0 Å². The van der Waals surface area contributed by atoms with Crippen LogP contribution in [0.2, 0.25) is 16.6 Å². The van der Waals surface area contributed by atoms with Crippen LogP contribution in [0.5, 0.6) is 5.75 Å². The fourth-order valence-corrected chi connectivity index (χ4v) is 5.86. The molecule has 1 fully saturated rings. The van der Waals surface area contributed by atoms with Gasteiger partial charge in [-0.25, -0.2) is 0 Å².